The maximum Gasteiger partial charge on any atom is 0.227 e. The van der Waals surface area contributed by atoms with E-state index in [1.54, 1.807) is 0 Å². The molecule has 1 saturated heterocycles. The molecule has 0 saturated carbocycles. The van der Waals surface area contributed by atoms with E-state index < -0.39 is 0 Å². The van der Waals surface area contributed by atoms with Crippen molar-refractivity contribution in [2.45, 2.75) is 33.6 Å². The van der Waals surface area contributed by atoms with Crippen molar-refractivity contribution >= 4 is 17.5 Å². The van der Waals surface area contributed by atoms with Gasteiger partial charge in [-0.3, -0.25) is 4.79 Å². The zero-order valence-electron chi connectivity index (χ0n) is 7.86. The monoisotopic (exact) mass is 189 g/mol. The second-order valence-corrected chi connectivity index (χ2v) is 3.15. The second-order valence-electron chi connectivity index (χ2n) is 2.94. The Balaban J connectivity index is 0.000000354. The van der Waals surface area contributed by atoms with Crippen LogP contribution in [0, 0.1) is 5.92 Å². The number of nitrogens with one attached hydrogen (secondary N) is 1. The summed E-state index contributed by atoms with van der Waals surface area (Å²) >= 11 is 5.36. The summed E-state index contributed by atoms with van der Waals surface area (Å²) < 4.78 is 0. The van der Waals surface area contributed by atoms with Gasteiger partial charge in [0, 0.05) is 17.2 Å². The first-order valence-corrected chi connectivity index (χ1v) is 4.69. The normalized spacial score (nSPS) is 24.8. The highest BCUT2D eigenvalue weighted by Crippen LogP contribution is 2.17. The summed E-state index contributed by atoms with van der Waals surface area (Å²) in [6.07, 6.45) is 2.00. The minimum absolute atomic E-state index is 0.0712. The first-order valence-electron chi connectivity index (χ1n) is 4.25. The number of carbonyl (C=O) groups is 1. The van der Waals surface area contributed by atoms with Gasteiger partial charge in [-0.1, -0.05) is 38.8 Å². The van der Waals surface area contributed by atoms with Crippen LogP contribution < -0.4 is 5.32 Å². The van der Waals surface area contributed by atoms with Gasteiger partial charge in [0.05, 0.1) is 0 Å². The Bertz CT molecular complexity index is 177. The van der Waals surface area contributed by atoms with Crippen LogP contribution in [0.5, 0.6) is 0 Å². The molecule has 0 bridgehead atoms. The van der Waals surface area contributed by atoms with Gasteiger partial charge >= 0.3 is 0 Å². The Hall–Kier alpha value is -0.500. The van der Waals surface area contributed by atoms with E-state index in [1.165, 1.54) is 12.0 Å². The van der Waals surface area contributed by atoms with E-state index in [1.807, 2.05) is 6.92 Å². The lowest BCUT2D eigenvalue weighted by Gasteiger charge is -1.89. The highest BCUT2D eigenvalue weighted by molar-refractivity contribution is 6.25. The number of hydrogen-bond acceptors (Lipinski definition) is 1. The second kappa shape index (κ2) is 6.06. The summed E-state index contributed by atoms with van der Waals surface area (Å²) in [4.78, 5) is 10.7. The van der Waals surface area contributed by atoms with Gasteiger partial charge in [-0.2, -0.15) is 0 Å². The zero-order valence-corrected chi connectivity index (χ0v) is 8.61. The van der Waals surface area contributed by atoms with Crippen LogP contribution in [0.15, 0.2) is 11.2 Å². The molecule has 1 atom stereocenters. The Morgan fingerprint density at radius 3 is 2.33 bits per heavy atom. The Morgan fingerprint density at radius 1 is 1.67 bits per heavy atom. The summed E-state index contributed by atoms with van der Waals surface area (Å²) in [6, 6.07) is 0. The first-order chi connectivity index (χ1) is 5.65. The predicted octanol–water partition coefficient (Wildman–Crippen LogP) is 2.64. The fourth-order valence-corrected chi connectivity index (χ4v) is 0.971. The smallest absolute Gasteiger partial charge is 0.227 e. The maximum atomic E-state index is 10.7. The average molecular weight is 190 g/mol. The standard InChI is InChI=1S/C6H8ClNO.C3H8/c1-4-2-5(3-7)8-6(4)9;1-3-2/h3-4H,2H2,1H3,(H,8,9);3H2,1-2H3/b5-3-;. The molecule has 0 aromatic carbocycles. The Kier molecular flexibility index (Phi) is 5.81. The molecular formula is C9H16ClNO. The van der Waals surface area contributed by atoms with Crippen LogP contribution in [0.2, 0.25) is 0 Å². The molecule has 1 aliphatic heterocycles. The van der Waals surface area contributed by atoms with Crippen molar-refractivity contribution < 1.29 is 4.79 Å². The number of hydrogen-bond donors (Lipinski definition) is 1. The molecular weight excluding hydrogens is 174 g/mol. The third kappa shape index (κ3) is 3.77. The van der Waals surface area contributed by atoms with Crippen LogP contribution >= 0.6 is 11.6 Å². The zero-order chi connectivity index (χ0) is 9.56. The van der Waals surface area contributed by atoms with Gasteiger partial charge in [-0.25, -0.2) is 0 Å². The lowest BCUT2D eigenvalue weighted by atomic mass is 10.1. The van der Waals surface area contributed by atoms with Crippen LogP contribution in [0.3, 0.4) is 0 Å². The van der Waals surface area contributed by atoms with Gasteiger partial charge in [0.1, 0.15) is 0 Å². The summed E-state index contributed by atoms with van der Waals surface area (Å²) in [7, 11) is 0. The van der Waals surface area contributed by atoms with E-state index in [4.69, 9.17) is 11.6 Å². The first kappa shape index (κ1) is 11.5. The molecule has 2 nitrogen and oxygen atoms in total. The van der Waals surface area contributed by atoms with Crippen molar-refractivity contribution in [3.8, 4) is 0 Å². The van der Waals surface area contributed by atoms with Crippen molar-refractivity contribution in [1.82, 2.24) is 5.32 Å². The molecule has 1 amide bonds. The molecule has 3 heteroatoms. The molecule has 12 heavy (non-hydrogen) atoms. The summed E-state index contributed by atoms with van der Waals surface area (Å²) in [6.45, 7) is 6.13. The van der Waals surface area contributed by atoms with E-state index in [-0.39, 0.29) is 11.8 Å². The number of rotatable bonds is 0. The largest absolute Gasteiger partial charge is 0.329 e. The average Bonchev–Trinajstić information content (AvgIpc) is 2.33. The number of carbonyl (C=O) groups excluding carboxylic acids is 1. The quantitative estimate of drug-likeness (QED) is 0.624. The van der Waals surface area contributed by atoms with Crippen LogP contribution in [-0.2, 0) is 4.79 Å². The van der Waals surface area contributed by atoms with E-state index in [2.05, 4.69) is 19.2 Å². The lowest BCUT2D eigenvalue weighted by molar-refractivity contribution is -0.121. The van der Waals surface area contributed by atoms with Crippen LogP contribution in [0.4, 0.5) is 0 Å². The summed E-state index contributed by atoms with van der Waals surface area (Å²) in [5, 5.41) is 2.64. The Morgan fingerprint density at radius 2 is 2.17 bits per heavy atom. The highest BCUT2D eigenvalue weighted by atomic mass is 35.5. The molecule has 1 N–H and O–H groups in total. The topological polar surface area (TPSA) is 29.1 Å². The minimum atomic E-state index is 0.0712. The molecule has 0 aromatic heterocycles. The van der Waals surface area contributed by atoms with Gasteiger partial charge in [0.2, 0.25) is 5.91 Å². The fraction of sp³-hybridized carbons (Fsp3) is 0.667. The lowest BCUT2D eigenvalue weighted by Crippen LogP contribution is -2.16. The number of allylic oxidation sites excluding steroid dienone is 1. The van der Waals surface area contributed by atoms with Crippen molar-refractivity contribution in [3.63, 3.8) is 0 Å². The molecule has 0 aromatic rings. The molecule has 0 spiro atoms. The van der Waals surface area contributed by atoms with E-state index in [9.17, 15) is 4.79 Å². The third-order valence-corrected chi connectivity index (χ3v) is 1.65. The highest BCUT2D eigenvalue weighted by Gasteiger charge is 2.22. The molecule has 1 aliphatic rings. The molecule has 1 unspecified atom stereocenters. The molecule has 1 heterocycles. The van der Waals surface area contributed by atoms with Gasteiger partial charge < -0.3 is 5.32 Å². The van der Waals surface area contributed by atoms with Gasteiger partial charge in [-0.15, -0.1) is 0 Å². The maximum absolute atomic E-state index is 10.7. The third-order valence-electron chi connectivity index (χ3n) is 1.39. The molecule has 1 rings (SSSR count). The van der Waals surface area contributed by atoms with E-state index in [0.29, 0.717) is 0 Å². The van der Waals surface area contributed by atoms with Gasteiger partial charge in [0.15, 0.2) is 0 Å². The van der Waals surface area contributed by atoms with Crippen molar-refractivity contribution in [2.75, 3.05) is 0 Å². The number of amides is 1. The number of halogens is 1. The Labute approximate surface area is 79.0 Å². The molecule has 1 fully saturated rings. The van der Waals surface area contributed by atoms with Crippen molar-refractivity contribution in [1.29, 1.82) is 0 Å². The minimum Gasteiger partial charge on any atom is -0.329 e. The van der Waals surface area contributed by atoms with E-state index in [0.717, 1.165) is 12.1 Å². The SMILES string of the molecule is CC1C/C(=C/Cl)NC1=O.CCC. The van der Waals surface area contributed by atoms with Crippen molar-refractivity contribution in [3.05, 3.63) is 11.2 Å². The van der Waals surface area contributed by atoms with Crippen LogP contribution in [0.25, 0.3) is 0 Å². The fourth-order valence-electron chi connectivity index (χ4n) is 0.827. The molecule has 70 valence electrons. The predicted molar refractivity (Wildman–Crippen MR) is 51.8 cm³/mol. The van der Waals surface area contributed by atoms with Crippen LogP contribution in [-0.4, -0.2) is 5.91 Å². The van der Waals surface area contributed by atoms with Gasteiger partial charge in [-0.05, 0) is 6.42 Å². The molecule has 0 radical (unpaired) electrons. The summed E-state index contributed by atoms with van der Waals surface area (Å²) in [5.74, 6) is 0.164. The van der Waals surface area contributed by atoms with E-state index >= 15 is 0 Å². The summed E-state index contributed by atoms with van der Waals surface area (Å²) in [5.41, 5.74) is 2.25. The van der Waals surface area contributed by atoms with Gasteiger partial charge in [0.25, 0.3) is 0 Å². The van der Waals surface area contributed by atoms with Crippen molar-refractivity contribution in [2.24, 2.45) is 5.92 Å². The molecule has 0 aliphatic carbocycles. The van der Waals surface area contributed by atoms with Crippen LogP contribution in [0.1, 0.15) is 33.6 Å².